The molecule has 1 aliphatic heterocycles. The topological polar surface area (TPSA) is 99.6 Å². The molecule has 0 aromatic heterocycles. The highest BCUT2D eigenvalue weighted by Gasteiger charge is 2.34. The number of benzene rings is 2. The van der Waals surface area contributed by atoms with Gasteiger partial charge in [-0.3, -0.25) is 4.79 Å². The van der Waals surface area contributed by atoms with Crippen molar-refractivity contribution in [1.29, 1.82) is 0 Å². The number of nitrogen functional groups attached to an aromatic ring is 2. The second-order valence-corrected chi connectivity index (χ2v) is 6.94. The van der Waals surface area contributed by atoms with Crippen LogP contribution in [0.2, 0.25) is 0 Å². The van der Waals surface area contributed by atoms with Crippen LogP contribution in [0.25, 0.3) is 0 Å². The predicted octanol–water partition coefficient (Wildman–Crippen LogP) is 2.23. The van der Waals surface area contributed by atoms with Crippen molar-refractivity contribution in [2.24, 2.45) is 0 Å². The van der Waals surface area contributed by atoms with Gasteiger partial charge in [0.15, 0.2) is 5.78 Å². The predicted molar refractivity (Wildman–Crippen MR) is 102 cm³/mol. The third kappa shape index (κ3) is 3.81. The van der Waals surface area contributed by atoms with Crippen molar-refractivity contribution in [1.82, 2.24) is 5.32 Å². The Balaban J connectivity index is 1.87. The van der Waals surface area contributed by atoms with Crippen LogP contribution in [-0.2, 0) is 4.74 Å². The summed E-state index contributed by atoms with van der Waals surface area (Å²) in [4.78, 5) is 13.0. The SMILES string of the molecule is CC(C)(Oc1ccccc1C(=O)c1ccc(N)c(N)c1)C1CNCCO1. The first kappa shape index (κ1) is 18.2. The van der Waals surface area contributed by atoms with Gasteiger partial charge in [-0.2, -0.15) is 0 Å². The smallest absolute Gasteiger partial charge is 0.196 e. The largest absolute Gasteiger partial charge is 0.484 e. The molecule has 1 heterocycles. The maximum Gasteiger partial charge on any atom is 0.196 e. The van der Waals surface area contributed by atoms with E-state index < -0.39 is 5.60 Å². The normalized spacial score (nSPS) is 17.7. The van der Waals surface area contributed by atoms with Gasteiger partial charge in [0.2, 0.25) is 0 Å². The van der Waals surface area contributed by atoms with E-state index in [4.69, 9.17) is 20.9 Å². The molecule has 1 aliphatic rings. The number of hydrogen-bond acceptors (Lipinski definition) is 6. The highest BCUT2D eigenvalue weighted by molar-refractivity contribution is 6.11. The fourth-order valence-corrected chi connectivity index (χ4v) is 2.98. The zero-order valence-electron chi connectivity index (χ0n) is 15.1. The number of carbonyl (C=O) groups is 1. The van der Waals surface area contributed by atoms with Crippen LogP contribution in [0.5, 0.6) is 5.75 Å². The summed E-state index contributed by atoms with van der Waals surface area (Å²) < 4.78 is 12.1. The molecule has 26 heavy (non-hydrogen) atoms. The number of rotatable bonds is 5. The average Bonchev–Trinajstić information content (AvgIpc) is 2.64. The quantitative estimate of drug-likeness (QED) is 0.562. The van der Waals surface area contributed by atoms with Gasteiger partial charge in [0.05, 0.1) is 23.5 Å². The Morgan fingerprint density at radius 2 is 1.96 bits per heavy atom. The van der Waals surface area contributed by atoms with Gasteiger partial charge < -0.3 is 26.3 Å². The molecule has 0 saturated carbocycles. The highest BCUT2D eigenvalue weighted by Crippen LogP contribution is 2.29. The standard InChI is InChI=1S/C20H25N3O3/c1-20(2,18-12-23-9-10-25-18)26-17-6-4-3-5-14(17)19(24)13-7-8-15(21)16(22)11-13/h3-8,11,18,23H,9-10,12,21-22H2,1-2H3. The Morgan fingerprint density at radius 1 is 1.19 bits per heavy atom. The minimum Gasteiger partial charge on any atom is -0.484 e. The zero-order chi connectivity index (χ0) is 18.7. The van der Waals surface area contributed by atoms with Crippen LogP contribution >= 0.6 is 0 Å². The number of ketones is 1. The van der Waals surface area contributed by atoms with Crippen molar-refractivity contribution in [3.63, 3.8) is 0 Å². The van der Waals surface area contributed by atoms with Gasteiger partial charge in [-0.1, -0.05) is 12.1 Å². The Hall–Kier alpha value is -2.57. The molecule has 0 radical (unpaired) electrons. The second-order valence-electron chi connectivity index (χ2n) is 6.94. The summed E-state index contributed by atoms with van der Waals surface area (Å²) in [5.41, 5.74) is 12.8. The third-order valence-electron chi connectivity index (χ3n) is 4.56. The Morgan fingerprint density at radius 3 is 2.65 bits per heavy atom. The number of anilines is 2. The van der Waals surface area contributed by atoms with Crippen LogP contribution in [-0.4, -0.2) is 37.2 Å². The molecule has 1 saturated heterocycles. The molecule has 6 nitrogen and oxygen atoms in total. The van der Waals surface area contributed by atoms with Crippen LogP contribution in [0, 0.1) is 0 Å². The van der Waals surface area contributed by atoms with E-state index in [1.165, 1.54) is 0 Å². The van der Waals surface area contributed by atoms with E-state index in [1.54, 1.807) is 30.3 Å². The Bertz CT molecular complexity index is 799. The van der Waals surface area contributed by atoms with Crippen LogP contribution in [0.15, 0.2) is 42.5 Å². The fourth-order valence-electron chi connectivity index (χ4n) is 2.98. The zero-order valence-corrected chi connectivity index (χ0v) is 15.1. The van der Waals surface area contributed by atoms with Gasteiger partial charge in [-0.05, 0) is 44.2 Å². The number of nitrogens with one attached hydrogen (secondary N) is 1. The summed E-state index contributed by atoms with van der Waals surface area (Å²) in [5, 5.41) is 3.30. The molecular formula is C20H25N3O3. The molecule has 2 aromatic carbocycles. The lowest BCUT2D eigenvalue weighted by molar-refractivity contribution is -0.0855. The molecule has 5 N–H and O–H groups in total. The minimum absolute atomic E-state index is 0.105. The molecule has 1 atom stereocenters. The molecular weight excluding hydrogens is 330 g/mol. The number of carbonyl (C=O) groups excluding carboxylic acids is 1. The van der Waals surface area contributed by atoms with E-state index >= 15 is 0 Å². The monoisotopic (exact) mass is 355 g/mol. The van der Waals surface area contributed by atoms with E-state index in [9.17, 15) is 4.79 Å². The maximum absolute atomic E-state index is 13.0. The Labute approximate surface area is 153 Å². The lowest BCUT2D eigenvalue weighted by Crippen LogP contribution is -2.53. The van der Waals surface area contributed by atoms with Crippen LogP contribution < -0.4 is 21.5 Å². The first-order valence-electron chi connectivity index (χ1n) is 8.68. The summed E-state index contributed by atoms with van der Waals surface area (Å²) in [6, 6.07) is 12.1. The van der Waals surface area contributed by atoms with Gasteiger partial charge in [-0.15, -0.1) is 0 Å². The molecule has 0 amide bonds. The number of hydrogen-bond donors (Lipinski definition) is 3. The number of morpholine rings is 1. The van der Waals surface area contributed by atoms with E-state index in [0.29, 0.717) is 41.4 Å². The second kappa shape index (κ2) is 7.35. The highest BCUT2D eigenvalue weighted by atomic mass is 16.6. The first-order chi connectivity index (χ1) is 12.4. The maximum atomic E-state index is 13.0. The molecule has 0 spiro atoms. The van der Waals surface area contributed by atoms with Crippen molar-refractivity contribution < 1.29 is 14.3 Å². The van der Waals surface area contributed by atoms with Gasteiger partial charge >= 0.3 is 0 Å². The summed E-state index contributed by atoms with van der Waals surface area (Å²) in [6.45, 7) is 6.11. The van der Waals surface area contributed by atoms with Gasteiger partial charge in [0.25, 0.3) is 0 Å². The molecule has 6 heteroatoms. The molecule has 0 aliphatic carbocycles. The molecule has 2 aromatic rings. The summed E-state index contributed by atoms with van der Waals surface area (Å²) in [7, 11) is 0. The van der Waals surface area contributed by atoms with Crippen molar-refractivity contribution in [3.8, 4) is 5.75 Å². The van der Waals surface area contributed by atoms with Gasteiger partial charge in [-0.25, -0.2) is 0 Å². The lowest BCUT2D eigenvalue weighted by Gasteiger charge is -2.37. The first-order valence-corrected chi connectivity index (χ1v) is 8.68. The van der Waals surface area contributed by atoms with E-state index in [1.807, 2.05) is 26.0 Å². The summed E-state index contributed by atoms with van der Waals surface area (Å²) in [5.74, 6) is 0.359. The van der Waals surface area contributed by atoms with Crippen LogP contribution in [0.1, 0.15) is 29.8 Å². The number of ether oxygens (including phenoxy) is 2. The molecule has 0 bridgehead atoms. The molecule has 138 valence electrons. The number of nitrogens with two attached hydrogens (primary N) is 2. The third-order valence-corrected chi connectivity index (χ3v) is 4.56. The average molecular weight is 355 g/mol. The van der Waals surface area contributed by atoms with Crippen molar-refractivity contribution >= 4 is 17.2 Å². The van der Waals surface area contributed by atoms with Gasteiger partial charge in [0, 0.05) is 18.7 Å². The van der Waals surface area contributed by atoms with Crippen molar-refractivity contribution in [3.05, 3.63) is 53.6 Å². The van der Waals surface area contributed by atoms with E-state index in [2.05, 4.69) is 5.32 Å². The number of para-hydroxylation sites is 1. The Kier molecular flexibility index (Phi) is 5.15. The molecule has 3 rings (SSSR count). The van der Waals surface area contributed by atoms with Crippen molar-refractivity contribution in [2.45, 2.75) is 25.6 Å². The lowest BCUT2D eigenvalue weighted by atomic mass is 9.98. The van der Waals surface area contributed by atoms with Crippen LogP contribution in [0.3, 0.4) is 0 Å². The molecule has 1 unspecified atom stereocenters. The van der Waals surface area contributed by atoms with Crippen LogP contribution in [0.4, 0.5) is 11.4 Å². The van der Waals surface area contributed by atoms with E-state index in [-0.39, 0.29) is 11.9 Å². The minimum atomic E-state index is -0.593. The van der Waals surface area contributed by atoms with Crippen molar-refractivity contribution in [2.75, 3.05) is 31.2 Å². The summed E-state index contributed by atoms with van der Waals surface area (Å²) >= 11 is 0. The molecule has 1 fully saturated rings. The summed E-state index contributed by atoms with van der Waals surface area (Å²) in [6.07, 6.45) is -0.105. The van der Waals surface area contributed by atoms with Gasteiger partial charge in [0.1, 0.15) is 17.5 Å². The fraction of sp³-hybridized carbons (Fsp3) is 0.350. The van der Waals surface area contributed by atoms with E-state index in [0.717, 1.165) is 6.54 Å².